The van der Waals surface area contributed by atoms with Crippen molar-refractivity contribution in [2.75, 3.05) is 20.3 Å². The van der Waals surface area contributed by atoms with Crippen LogP contribution in [0.4, 0.5) is 0 Å². The summed E-state index contributed by atoms with van der Waals surface area (Å²) in [4.78, 5) is 67.2. The van der Waals surface area contributed by atoms with E-state index in [0.717, 1.165) is 59.4 Å². The molecule has 3 N–H and O–H groups in total. The van der Waals surface area contributed by atoms with Gasteiger partial charge in [0.1, 0.15) is 40.8 Å². The summed E-state index contributed by atoms with van der Waals surface area (Å²) in [6, 6.07) is 19.9. The minimum absolute atomic E-state index is 0.0121. The number of carbonyl (C=O) groups is 4. The Morgan fingerprint density at radius 2 is 1.63 bits per heavy atom. The van der Waals surface area contributed by atoms with Crippen molar-refractivity contribution in [1.82, 2.24) is 35.3 Å². The first kappa shape index (κ1) is 49.4. The van der Waals surface area contributed by atoms with Crippen molar-refractivity contribution in [2.24, 2.45) is 10.4 Å². The largest absolute Gasteiger partial charge is 0.482 e. The summed E-state index contributed by atoms with van der Waals surface area (Å²) >= 11 is 3.18. The van der Waals surface area contributed by atoms with Crippen LogP contribution in [-0.2, 0) is 23.9 Å². The second kappa shape index (κ2) is 20.1. The molecule has 1 fully saturated rings. The van der Waals surface area contributed by atoms with Crippen molar-refractivity contribution in [2.45, 2.75) is 98.5 Å². The third kappa shape index (κ3) is 10.0. The molecule has 0 spiro atoms. The number of hydrogen-bond acceptors (Lipinski definition) is 14. The summed E-state index contributed by atoms with van der Waals surface area (Å²) in [7, 11) is 1.35. The zero-order valence-electron chi connectivity index (χ0n) is 40.5. The van der Waals surface area contributed by atoms with Crippen molar-refractivity contribution < 1.29 is 33.8 Å². The number of nitrogens with one attached hydrogen (secondary N) is 2. The molecule has 16 nitrogen and oxygen atoms in total. The predicted octanol–water partition coefficient (Wildman–Crippen LogP) is 7.43. The lowest BCUT2D eigenvalue weighted by molar-refractivity contribution is -0.144. The van der Waals surface area contributed by atoms with Gasteiger partial charge in [-0.1, -0.05) is 75.4 Å². The first-order chi connectivity index (χ1) is 33.4. The summed E-state index contributed by atoms with van der Waals surface area (Å²) in [6.07, 6.45) is -0.892. The number of ether oxygens (including phenoxy) is 2. The average molecular weight is 982 g/mol. The Hall–Kier alpha value is -7.07. The molecule has 5 heterocycles. The fourth-order valence-corrected chi connectivity index (χ4v) is 10.9. The van der Waals surface area contributed by atoms with Gasteiger partial charge >= 0.3 is 5.97 Å². The van der Waals surface area contributed by atoms with E-state index in [2.05, 4.69) is 45.7 Å². The van der Waals surface area contributed by atoms with Crippen molar-refractivity contribution >= 4 is 52.1 Å². The number of aryl methyl sites for hydroxylation is 3. The summed E-state index contributed by atoms with van der Waals surface area (Å²) in [5.74, 6) is -0.500. The maximum absolute atomic E-state index is 14.3. The molecule has 8 rings (SSSR count). The Morgan fingerprint density at radius 1 is 0.943 bits per heavy atom. The zero-order chi connectivity index (χ0) is 50.2. The van der Waals surface area contributed by atoms with Gasteiger partial charge in [-0.05, 0) is 80.0 Å². The maximum atomic E-state index is 14.3. The van der Waals surface area contributed by atoms with E-state index < -0.39 is 59.9 Å². The fourth-order valence-electron chi connectivity index (χ4n) is 8.87. The minimum Gasteiger partial charge on any atom is -0.482 e. The van der Waals surface area contributed by atoms with Crippen molar-refractivity contribution in [3.8, 4) is 38.4 Å². The van der Waals surface area contributed by atoms with Crippen molar-refractivity contribution in [1.29, 1.82) is 5.26 Å². The number of fused-ring (bicyclic) bond motifs is 3. The lowest BCUT2D eigenvalue weighted by Gasteiger charge is -2.35. The van der Waals surface area contributed by atoms with Gasteiger partial charge in [0.2, 0.25) is 11.8 Å². The van der Waals surface area contributed by atoms with E-state index in [1.165, 1.54) is 12.0 Å². The molecule has 3 amide bonds. The molecule has 0 bridgehead atoms. The molecule has 2 aliphatic heterocycles. The number of methoxy groups -OCH3 is 1. The number of amides is 3. The van der Waals surface area contributed by atoms with Crippen LogP contribution < -0.4 is 15.4 Å². The zero-order valence-corrected chi connectivity index (χ0v) is 42.1. The van der Waals surface area contributed by atoms with Gasteiger partial charge in [0, 0.05) is 29.0 Å². The molecule has 0 radical (unpaired) electrons. The normalized spacial score (nSPS) is 17.3. The molecule has 3 aromatic carbocycles. The molecule has 70 heavy (non-hydrogen) atoms. The van der Waals surface area contributed by atoms with Gasteiger partial charge < -0.3 is 30.1 Å². The molecule has 6 aromatic rings. The summed E-state index contributed by atoms with van der Waals surface area (Å²) in [6.45, 7) is 14.7. The van der Waals surface area contributed by atoms with Crippen LogP contribution >= 0.6 is 22.7 Å². The summed E-state index contributed by atoms with van der Waals surface area (Å²) in [5.41, 5.74) is 9.15. The van der Waals surface area contributed by atoms with E-state index in [1.54, 1.807) is 67.2 Å². The number of benzene rings is 3. The maximum Gasteiger partial charge on any atom is 0.308 e. The Kier molecular flexibility index (Phi) is 14.2. The van der Waals surface area contributed by atoms with Gasteiger partial charge in [0.05, 0.1) is 53.0 Å². The molecular formula is C52H55N9O7S2. The van der Waals surface area contributed by atoms with Crippen LogP contribution in [0.2, 0.25) is 0 Å². The molecule has 1 saturated heterocycles. The minimum atomic E-state index is -1.07. The topological polar surface area (TPSA) is 214 Å². The van der Waals surface area contributed by atoms with Crippen LogP contribution in [0.1, 0.15) is 103 Å². The van der Waals surface area contributed by atoms with Gasteiger partial charge in [0.15, 0.2) is 12.4 Å². The first-order valence-corrected chi connectivity index (χ1v) is 24.6. The number of thiophene rings is 1. The lowest BCUT2D eigenvalue weighted by atomic mass is 9.85. The van der Waals surface area contributed by atoms with E-state index in [0.29, 0.717) is 17.4 Å². The SMILES string of the molecule is COC(=O)C[C@@H]1N=C(c2ccc(-c3ccc(OCC(=O)NC(C(=O)N4C[C@H](O)C[C@H]4C(=O)NC(C)c4ccc(-c5scnc5C)cc4)C(C)(C)C)c(C#N)c3)cc2)c2c(sc(C)c2C)-n2c(C)nnc21. The van der Waals surface area contributed by atoms with Gasteiger partial charge in [-0.3, -0.25) is 28.7 Å². The lowest BCUT2D eigenvalue weighted by Crippen LogP contribution is -2.58. The van der Waals surface area contributed by atoms with Crippen LogP contribution in [0, 0.1) is 44.4 Å². The van der Waals surface area contributed by atoms with Crippen LogP contribution in [0.5, 0.6) is 5.75 Å². The number of hydrogen-bond donors (Lipinski definition) is 3. The van der Waals surface area contributed by atoms with E-state index in [1.807, 2.05) is 73.9 Å². The number of aliphatic hydroxyl groups is 1. The fraction of sp³-hybridized carbons (Fsp3) is 0.365. The third-order valence-electron chi connectivity index (χ3n) is 12.8. The van der Waals surface area contributed by atoms with E-state index in [9.17, 15) is 29.5 Å². The number of esters is 1. The molecule has 0 saturated carbocycles. The highest BCUT2D eigenvalue weighted by molar-refractivity contribution is 7.15. The smallest absolute Gasteiger partial charge is 0.308 e. The number of likely N-dealkylation sites (tertiary alicyclic amines) is 1. The summed E-state index contributed by atoms with van der Waals surface area (Å²) in [5, 5.41) is 36.5. The van der Waals surface area contributed by atoms with Crippen LogP contribution in [0.3, 0.4) is 0 Å². The number of thiazole rings is 1. The highest BCUT2D eigenvalue weighted by atomic mass is 32.1. The highest BCUT2D eigenvalue weighted by Crippen LogP contribution is 2.40. The van der Waals surface area contributed by atoms with Crippen molar-refractivity contribution in [3.05, 3.63) is 122 Å². The van der Waals surface area contributed by atoms with E-state index in [-0.39, 0.29) is 36.7 Å². The molecule has 3 aromatic heterocycles. The number of aliphatic imine (C=N–C) groups is 1. The molecule has 5 atom stereocenters. The molecule has 362 valence electrons. The Balaban J connectivity index is 0.936. The number of aliphatic hydroxyl groups excluding tert-OH is 1. The van der Waals surface area contributed by atoms with Gasteiger partial charge in [-0.2, -0.15) is 5.26 Å². The number of aromatic nitrogens is 4. The van der Waals surface area contributed by atoms with Gasteiger partial charge in [-0.25, -0.2) is 4.98 Å². The second-order valence-electron chi connectivity index (χ2n) is 18.7. The number of β-amino-alcohol motifs (C(OH)–C–C–N with tert-alkyl or cyclic N) is 1. The van der Waals surface area contributed by atoms with E-state index in [4.69, 9.17) is 14.5 Å². The quantitative estimate of drug-likeness (QED) is 0.0968. The van der Waals surface area contributed by atoms with Crippen molar-refractivity contribution in [3.63, 3.8) is 0 Å². The number of nitrogens with zero attached hydrogens (tertiary/aromatic N) is 7. The second-order valence-corrected chi connectivity index (χ2v) is 20.8. The van der Waals surface area contributed by atoms with Crippen LogP contribution in [0.25, 0.3) is 26.6 Å². The Labute approximate surface area is 414 Å². The Morgan fingerprint density at radius 3 is 2.29 bits per heavy atom. The van der Waals surface area contributed by atoms with Gasteiger partial charge in [-0.15, -0.1) is 32.9 Å². The Bertz CT molecular complexity index is 3050. The first-order valence-electron chi connectivity index (χ1n) is 22.9. The van der Waals surface area contributed by atoms with Crippen LogP contribution in [-0.4, -0.2) is 97.6 Å². The van der Waals surface area contributed by atoms with E-state index >= 15 is 0 Å². The number of rotatable bonds is 13. The number of nitriles is 1. The average Bonchev–Trinajstić information content (AvgIpc) is 4.11. The molecule has 2 aliphatic rings. The summed E-state index contributed by atoms with van der Waals surface area (Å²) < 4.78 is 12.9. The van der Waals surface area contributed by atoms with Gasteiger partial charge in [0.25, 0.3) is 5.91 Å². The standard InChI is InChI=1S/C52H55N9O7S2/c1-27-30(4)70-51-44(27)45(56-39(22-43(64)67-9)48-59-58-31(5)61(48)51)34-14-12-33(13-15-34)36-18-19-41(37(20-36)23-53)68-25-42(63)57-47(52(6,7)8)50(66)60-24-38(62)21-40(60)49(65)55-28(2)32-10-16-35(17-11-32)46-29(3)54-26-69-46/h10-20,26,28,38-40,47,62H,21-22,24-25H2,1-9H3,(H,55,65)(H,57,63)/t28?,38-,39+,40+,47?/m1/s1. The predicted molar refractivity (Wildman–Crippen MR) is 267 cm³/mol. The highest BCUT2D eigenvalue weighted by Gasteiger charge is 2.45. The monoisotopic (exact) mass is 981 g/mol. The molecule has 18 heteroatoms. The molecular weight excluding hydrogens is 927 g/mol. The number of carbonyl (C=O) groups excluding carboxylic acids is 4. The molecule has 2 unspecified atom stereocenters. The van der Waals surface area contributed by atoms with Crippen LogP contribution in [0.15, 0.2) is 77.2 Å². The third-order valence-corrected chi connectivity index (χ3v) is 15.0. The molecule has 0 aliphatic carbocycles.